The number of halogens is 3. The highest BCUT2D eigenvalue weighted by Gasteiger charge is 2.31. The highest BCUT2D eigenvalue weighted by molar-refractivity contribution is 6.39. The summed E-state index contributed by atoms with van der Waals surface area (Å²) in [6.07, 6.45) is -3.02. The molecule has 0 spiro atoms. The van der Waals surface area contributed by atoms with Crippen LogP contribution in [0.4, 0.5) is 18.9 Å². The molecule has 0 aliphatic rings. The third kappa shape index (κ3) is 5.62. The topological polar surface area (TPSA) is 91.6 Å². The van der Waals surface area contributed by atoms with Gasteiger partial charge in [-0.1, -0.05) is 6.07 Å². The Hall–Kier alpha value is -2.81. The van der Waals surface area contributed by atoms with Crippen LogP contribution in [0.25, 0.3) is 0 Å². The molecule has 9 heteroatoms. The zero-order valence-electron chi connectivity index (χ0n) is 13.8. The molecule has 1 aromatic heterocycles. The van der Waals surface area contributed by atoms with Gasteiger partial charge in [0, 0.05) is 18.7 Å². The van der Waals surface area contributed by atoms with Gasteiger partial charge in [0.2, 0.25) is 0 Å². The molecular weight excluding hydrogens is 353 g/mol. The van der Waals surface area contributed by atoms with Crippen molar-refractivity contribution >= 4 is 17.5 Å². The lowest BCUT2D eigenvalue weighted by atomic mass is 10.0. The molecule has 2 aromatic rings. The van der Waals surface area contributed by atoms with Gasteiger partial charge in [0.05, 0.1) is 17.4 Å². The Bertz CT molecular complexity index is 771. The first kappa shape index (κ1) is 19.5. The van der Waals surface area contributed by atoms with Gasteiger partial charge in [0.25, 0.3) is 0 Å². The van der Waals surface area contributed by atoms with Crippen molar-refractivity contribution in [3.05, 3.63) is 54.0 Å². The molecule has 0 aliphatic heterocycles. The molecule has 1 aromatic carbocycles. The van der Waals surface area contributed by atoms with Crippen LogP contribution in [0, 0.1) is 0 Å². The van der Waals surface area contributed by atoms with Crippen LogP contribution in [0.2, 0.25) is 0 Å². The second-order valence-corrected chi connectivity index (χ2v) is 5.97. The van der Waals surface area contributed by atoms with Crippen LogP contribution in [0.15, 0.2) is 47.1 Å². The highest BCUT2D eigenvalue weighted by atomic mass is 19.4. The quantitative estimate of drug-likeness (QED) is 0.705. The Kier molecular flexibility index (Phi) is 5.71. The van der Waals surface area contributed by atoms with Crippen molar-refractivity contribution in [2.24, 2.45) is 0 Å². The number of alkyl halides is 3. The first-order chi connectivity index (χ1) is 12.1. The van der Waals surface area contributed by atoms with Gasteiger partial charge < -0.3 is 20.2 Å². The van der Waals surface area contributed by atoms with Crippen molar-refractivity contribution in [2.45, 2.75) is 25.1 Å². The first-order valence-electron chi connectivity index (χ1n) is 7.58. The van der Waals surface area contributed by atoms with Gasteiger partial charge in [-0.25, -0.2) is 0 Å². The predicted octanol–water partition coefficient (Wildman–Crippen LogP) is 2.35. The molecule has 0 saturated heterocycles. The van der Waals surface area contributed by atoms with Crippen LogP contribution < -0.4 is 10.6 Å². The Morgan fingerprint density at radius 2 is 1.88 bits per heavy atom. The van der Waals surface area contributed by atoms with E-state index in [0.717, 1.165) is 18.2 Å². The fourth-order valence-electron chi connectivity index (χ4n) is 2.16. The largest absolute Gasteiger partial charge is 0.469 e. The van der Waals surface area contributed by atoms with E-state index in [1.54, 1.807) is 12.1 Å². The van der Waals surface area contributed by atoms with E-state index in [9.17, 15) is 27.9 Å². The lowest BCUT2D eigenvalue weighted by molar-refractivity contribution is -0.137. The molecule has 0 fully saturated rings. The molecular formula is C17H17F3N2O4. The Morgan fingerprint density at radius 3 is 2.50 bits per heavy atom. The summed E-state index contributed by atoms with van der Waals surface area (Å²) in [5, 5.41) is 14.5. The van der Waals surface area contributed by atoms with Crippen LogP contribution in [0.1, 0.15) is 18.2 Å². The van der Waals surface area contributed by atoms with Crippen molar-refractivity contribution < 1.29 is 32.3 Å². The predicted molar refractivity (Wildman–Crippen MR) is 86.1 cm³/mol. The lowest BCUT2D eigenvalue weighted by Crippen LogP contribution is -2.45. The molecule has 1 unspecified atom stereocenters. The number of hydrogen-bond acceptors (Lipinski definition) is 4. The van der Waals surface area contributed by atoms with Crippen LogP contribution >= 0.6 is 0 Å². The molecule has 0 aliphatic carbocycles. The van der Waals surface area contributed by atoms with Crippen molar-refractivity contribution in [3.63, 3.8) is 0 Å². The van der Waals surface area contributed by atoms with E-state index >= 15 is 0 Å². The zero-order chi connectivity index (χ0) is 19.4. The number of furan rings is 1. The van der Waals surface area contributed by atoms with Crippen molar-refractivity contribution in [2.75, 3.05) is 11.9 Å². The summed E-state index contributed by atoms with van der Waals surface area (Å²) in [6.45, 7) is 1.20. The molecule has 1 heterocycles. The van der Waals surface area contributed by atoms with Crippen molar-refractivity contribution in [1.29, 1.82) is 0 Å². The minimum Gasteiger partial charge on any atom is -0.469 e. The number of hydrogen-bond donors (Lipinski definition) is 3. The summed E-state index contributed by atoms with van der Waals surface area (Å²) in [7, 11) is 0. The standard InChI is InChI=1S/C17H17F3N2O4/c1-16(25,9-13-6-3-7-26-13)10-21-14(23)15(24)22-12-5-2-4-11(8-12)17(18,19)20/h2-8,25H,9-10H2,1H3,(H,21,23)(H,22,24). The third-order valence-electron chi connectivity index (χ3n) is 3.42. The number of anilines is 1. The molecule has 140 valence electrons. The highest BCUT2D eigenvalue weighted by Crippen LogP contribution is 2.30. The van der Waals surface area contributed by atoms with E-state index in [2.05, 4.69) is 10.6 Å². The second kappa shape index (κ2) is 7.61. The molecule has 2 rings (SSSR count). The van der Waals surface area contributed by atoms with E-state index < -0.39 is 29.2 Å². The van der Waals surface area contributed by atoms with Gasteiger partial charge in [0.15, 0.2) is 0 Å². The smallest absolute Gasteiger partial charge is 0.416 e. The number of amides is 2. The van der Waals surface area contributed by atoms with Gasteiger partial charge in [0.1, 0.15) is 5.76 Å². The first-order valence-corrected chi connectivity index (χ1v) is 7.58. The van der Waals surface area contributed by atoms with E-state index in [1.165, 1.54) is 19.3 Å². The fraction of sp³-hybridized carbons (Fsp3) is 0.294. The number of carbonyl (C=O) groups excluding carboxylic acids is 2. The summed E-state index contributed by atoms with van der Waals surface area (Å²) in [6, 6.07) is 7.21. The maximum Gasteiger partial charge on any atom is 0.416 e. The third-order valence-corrected chi connectivity index (χ3v) is 3.42. The van der Waals surface area contributed by atoms with Gasteiger partial charge in [-0.05, 0) is 37.3 Å². The van der Waals surface area contributed by atoms with Crippen LogP contribution in [-0.2, 0) is 22.2 Å². The molecule has 0 radical (unpaired) electrons. The maximum atomic E-state index is 12.6. The van der Waals surface area contributed by atoms with Crippen LogP contribution in [-0.4, -0.2) is 29.1 Å². The molecule has 1 atom stereocenters. The lowest BCUT2D eigenvalue weighted by Gasteiger charge is -2.22. The van der Waals surface area contributed by atoms with Crippen LogP contribution in [0.3, 0.4) is 0 Å². The van der Waals surface area contributed by atoms with E-state index in [1.807, 2.05) is 0 Å². The summed E-state index contributed by atoms with van der Waals surface area (Å²) in [5.41, 5.74) is -2.48. The van der Waals surface area contributed by atoms with E-state index in [0.29, 0.717) is 5.76 Å². The average Bonchev–Trinajstić information content (AvgIpc) is 3.04. The second-order valence-electron chi connectivity index (χ2n) is 5.97. The van der Waals surface area contributed by atoms with Crippen LogP contribution in [0.5, 0.6) is 0 Å². The van der Waals surface area contributed by atoms with Gasteiger partial charge >= 0.3 is 18.0 Å². The Morgan fingerprint density at radius 1 is 1.15 bits per heavy atom. The summed E-state index contributed by atoms with van der Waals surface area (Å²) >= 11 is 0. The number of aliphatic hydroxyl groups is 1. The summed E-state index contributed by atoms with van der Waals surface area (Å²) in [5.74, 6) is -1.72. The molecule has 3 N–H and O–H groups in total. The minimum atomic E-state index is -4.56. The summed E-state index contributed by atoms with van der Waals surface area (Å²) in [4.78, 5) is 23.6. The van der Waals surface area contributed by atoms with Gasteiger partial charge in [-0.15, -0.1) is 0 Å². The van der Waals surface area contributed by atoms with Gasteiger partial charge in [-0.2, -0.15) is 13.2 Å². The van der Waals surface area contributed by atoms with Crippen molar-refractivity contribution in [3.8, 4) is 0 Å². The Labute approximate surface area is 147 Å². The molecule has 6 nitrogen and oxygen atoms in total. The maximum absolute atomic E-state index is 12.6. The minimum absolute atomic E-state index is 0.107. The zero-order valence-corrected chi connectivity index (χ0v) is 13.8. The molecule has 0 saturated carbocycles. The number of rotatable bonds is 5. The van der Waals surface area contributed by atoms with Gasteiger partial charge in [-0.3, -0.25) is 9.59 Å². The monoisotopic (exact) mass is 370 g/mol. The number of benzene rings is 1. The molecule has 0 bridgehead atoms. The Balaban J connectivity index is 1.90. The van der Waals surface area contributed by atoms with E-state index in [4.69, 9.17) is 4.42 Å². The summed E-state index contributed by atoms with van der Waals surface area (Å²) < 4.78 is 43.0. The molecule has 2 amide bonds. The van der Waals surface area contributed by atoms with Crippen molar-refractivity contribution in [1.82, 2.24) is 5.32 Å². The average molecular weight is 370 g/mol. The number of carbonyl (C=O) groups is 2. The normalized spacial score (nSPS) is 13.7. The van der Waals surface area contributed by atoms with E-state index in [-0.39, 0.29) is 18.7 Å². The fourth-order valence-corrected chi connectivity index (χ4v) is 2.16. The molecule has 26 heavy (non-hydrogen) atoms. The number of nitrogens with one attached hydrogen (secondary N) is 2. The SMILES string of the molecule is CC(O)(CNC(=O)C(=O)Nc1cccc(C(F)(F)F)c1)Cc1ccco1.